The Balaban J connectivity index is 1.91. The predicted octanol–water partition coefficient (Wildman–Crippen LogP) is 3.43. The van der Waals surface area contributed by atoms with E-state index in [1.54, 1.807) is 43.4 Å². The van der Waals surface area contributed by atoms with E-state index in [4.69, 9.17) is 11.6 Å². The standard InChI is InChI=1S/C16H15ClN2O2S/c1-18-16(21)11-3-2-4-13(9-11)19-15(20)10-22-14-7-5-12(17)6-8-14/h2-9H,10H2,1H3,(H,18,21)(H,19,20). The number of amides is 2. The summed E-state index contributed by atoms with van der Waals surface area (Å²) in [6.45, 7) is 0. The van der Waals surface area contributed by atoms with Crippen LogP contribution in [0.1, 0.15) is 10.4 Å². The molecule has 2 amide bonds. The van der Waals surface area contributed by atoms with E-state index in [0.29, 0.717) is 16.3 Å². The molecule has 6 heteroatoms. The summed E-state index contributed by atoms with van der Waals surface area (Å²) in [4.78, 5) is 24.5. The molecule has 114 valence electrons. The smallest absolute Gasteiger partial charge is 0.251 e. The van der Waals surface area contributed by atoms with Crippen LogP contribution in [0.5, 0.6) is 0 Å². The lowest BCUT2D eigenvalue weighted by Gasteiger charge is -2.07. The number of hydrogen-bond donors (Lipinski definition) is 2. The van der Waals surface area contributed by atoms with Crippen LogP contribution in [-0.4, -0.2) is 24.6 Å². The summed E-state index contributed by atoms with van der Waals surface area (Å²) in [5.74, 6) is -0.0353. The minimum atomic E-state index is -0.188. The maximum atomic E-state index is 11.9. The first-order valence-corrected chi connectivity index (χ1v) is 7.95. The van der Waals surface area contributed by atoms with Crippen LogP contribution in [0.2, 0.25) is 5.02 Å². The number of carbonyl (C=O) groups excluding carboxylic acids is 2. The second-order valence-corrected chi connectivity index (χ2v) is 5.94. The molecule has 22 heavy (non-hydrogen) atoms. The molecule has 0 heterocycles. The van der Waals surface area contributed by atoms with Crippen LogP contribution < -0.4 is 10.6 Å². The molecular formula is C16H15ClN2O2S. The van der Waals surface area contributed by atoms with Gasteiger partial charge in [-0.2, -0.15) is 0 Å². The Morgan fingerprint density at radius 2 is 1.86 bits per heavy atom. The Labute approximate surface area is 138 Å². The zero-order valence-electron chi connectivity index (χ0n) is 11.9. The Morgan fingerprint density at radius 1 is 1.14 bits per heavy atom. The zero-order chi connectivity index (χ0) is 15.9. The molecule has 0 bridgehead atoms. The molecular weight excluding hydrogens is 320 g/mol. The molecule has 0 fully saturated rings. The first kappa shape index (κ1) is 16.4. The van der Waals surface area contributed by atoms with Gasteiger partial charge in [0.25, 0.3) is 5.91 Å². The van der Waals surface area contributed by atoms with Gasteiger partial charge in [0.1, 0.15) is 0 Å². The van der Waals surface area contributed by atoms with Crippen molar-refractivity contribution in [1.82, 2.24) is 5.32 Å². The molecule has 2 rings (SSSR count). The molecule has 4 nitrogen and oxygen atoms in total. The molecule has 0 spiro atoms. The van der Waals surface area contributed by atoms with Gasteiger partial charge >= 0.3 is 0 Å². The number of benzene rings is 2. The average Bonchev–Trinajstić information content (AvgIpc) is 2.54. The third-order valence-corrected chi connectivity index (χ3v) is 4.08. The molecule has 0 aliphatic carbocycles. The van der Waals surface area contributed by atoms with E-state index in [-0.39, 0.29) is 17.6 Å². The van der Waals surface area contributed by atoms with Crippen molar-refractivity contribution in [1.29, 1.82) is 0 Å². The van der Waals surface area contributed by atoms with Gasteiger partial charge in [-0.1, -0.05) is 17.7 Å². The highest BCUT2D eigenvalue weighted by atomic mass is 35.5. The van der Waals surface area contributed by atoms with Crippen LogP contribution >= 0.6 is 23.4 Å². The highest BCUT2D eigenvalue weighted by Crippen LogP contribution is 2.20. The average molecular weight is 335 g/mol. The van der Waals surface area contributed by atoms with E-state index in [1.165, 1.54) is 11.8 Å². The van der Waals surface area contributed by atoms with E-state index >= 15 is 0 Å². The van der Waals surface area contributed by atoms with Crippen LogP contribution in [0, 0.1) is 0 Å². The van der Waals surface area contributed by atoms with Gasteiger partial charge in [-0.05, 0) is 42.5 Å². The fourth-order valence-electron chi connectivity index (χ4n) is 1.76. The minimum Gasteiger partial charge on any atom is -0.355 e. The molecule has 0 aliphatic rings. The Morgan fingerprint density at radius 3 is 2.55 bits per heavy atom. The van der Waals surface area contributed by atoms with E-state index in [1.807, 2.05) is 12.1 Å². The number of carbonyl (C=O) groups is 2. The monoisotopic (exact) mass is 334 g/mol. The van der Waals surface area contributed by atoms with E-state index < -0.39 is 0 Å². The lowest BCUT2D eigenvalue weighted by molar-refractivity contribution is -0.113. The van der Waals surface area contributed by atoms with Crippen molar-refractivity contribution in [3.63, 3.8) is 0 Å². The van der Waals surface area contributed by atoms with Gasteiger partial charge in [0, 0.05) is 28.2 Å². The molecule has 2 aromatic rings. The molecule has 0 saturated heterocycles. The van der Waals surface area contributed by atoms with Crippen molar-refractivity contribution >= 4 is 40.9 Å². The number of thioether (sulfide) groups is 1. The van der Waals surface area contributed by atoms with Crippen molar-refractivity contribution in [2.75, 3.05) is 18.1 Å². The lowest BCUT2D eigenvalue weighted by atomic mass is 10.2. The highest BCUT2D eigenvalue weighted by Gasteiger charge is 2.07. The summed E-state index contributed by atoms with van der Waals surface area (Å²) >= 11 is 7.23. The molecule has 0 aromatic heterocycles. The molecule has 0 saturated carbocycles. The second-order valence-electron chi connectivity index (χ2n) is 4.45. The van der Waals surface area contributed by atoms with Crippen LogP contribution in [0.15, 0.2) is 53.4 Å². The number of hydrogen-bond acceptors (Lipinski definition) is 3. The van der Waals surface area contributed by atoms with Crippen molar-refractivity contribution < 1.29 is 9.59 Å². The van der Waals surface area contributed by atoms with Crippen LogP contribution in [0.4, 0.5) is 5.69 Å². The molecule has 2 aromatic carbocycles. The fraction of sp³-hybridized carbons (Fsp3) is 0.125. The van der Waals surface area contributed by atoms with Gasteiger partial charge in [-0.25, -0.2) is 0 Å². The third kappa shape index (κ3) is 4.79. The molecule has 0 atom stereocenters. The molecule has 0 unspecified atom stereocenters. The lowest BCUT2D eigenvalue weighted by Crippen LogP contribution is -2.18. The molecule has 2 N–H and O–H groups in total. The summed E-state index contributed by atoms with van der Waals surface area (Å²) in [6, 6.07) is 14.1. The largest absolute Gasteiger partial charge is 0.355 e. The van der Waals surface area contributed by atoms with Crippen LogP contribution in [0.3, 0.4) is 0 Å². The topological polar surface area (TPSA) is 58.2 Å². The van der Waals surface area contributed by atoms with Gasteiger partial charge in [-0.3, -0.25) is 9.59 Å². The summed E-state index contributed by atoms with van der Waals surface area (Å²) in [6.07, 6.45) is 0. The number of nitrogens with one attached hydrogen (secondary N) is 2. The summed E-state index contributed by atoms with van der Waals surface area (Å²) < 4.78 is 0. The van der Waals surface area contributed by atoms with E-state index in [9.17, 15) is 9.59 Å². The maximum absolute atomic E-state index is 11.9. The number of rotatable bonds is 5. The quantitative estimate of drug-likeness (QED) is 0.824. The molecule has 0 aliphatic heterocycles. The first-order valence-electron chi connectivity index (χ1n) is 6.59. The van der Waals surface area contributed by atoms with Crippen LogP contribution in [0.25, 0.3) is 0 Å². The van der Waals surface area contributed by atoms with Crippen molar-refractivity contribution in [3.8, 4) is 0 Å². The summed E-state index contributed by atoms with van der Waals surface area (Å²) in [7, 11) is 1.57. The normalized spacial score (nSPS) is 10.1. The van der Waals surface area contributed by atoms with E-state index in [2.05, 4.69) is 10.6 Å². The fourth-order valence-corrected chi connectivity index (χ4v) is 2.58. The number of halogens is 1. The van der Waals surface area contributed by atoms with Gasteiger partial charge in [0.05, 0.1) is 5.75 Å². The summed E-state index contributed by atoms with van der Waals surface area (Å²) in [5.41, 5.74) is 1.11. The first-order chi connectivity index (χ1) is 10.6. The van der Waals surface area contributed by atoms with Crippen LogP contribution in [-0.2, 0) is 4.79 Å². The maximum Gasteiger partial charge on any atom is 0.251 e. The Hall–Kier alpha value is -1.98. The second kappa shape index (κ2) is 7.87. The van der Waals surface area contributed by atoms with Gasteiger partial charge in [0.15, 0.2) is 0 Å². The van der Waals surface area contributed by atoms with Crippen molar-refractivity contribution in [2.24, 2.45) is 0 Å². The number of anilines is 1. The summed E-state index contributed by atoms with van der Waals surface area (Å²) in [5, 5.41) is 5.99. The van der Waals surface area contributed by atoms with Gasteiger partial charge in [0.2, 0.25) is 5.91 Å². The highest BCUT2D eigenvalue weighted by molar-refractivity contribution is 8.00. The van der Waals surface area contributed by atoms with Crippen molar-refractivity contribution in [3.05, 3.63) is 59.1 Å². The minimum absolute atomic E-state index is 0.131. The SMILES string of the molecule is CNC(=O)c1cccc(NC(=O)CSc2ccc(Cl)cc2)c1. The van der Waals surface area contributed by atoms with Crippen molar-refractivity contribution in [2.45, 2.75) is 4.90 Å². The van der Waals surface area contributed by atoms with Gasteiger partial charge < -0.3 is 10.6 Å². The Kier molecular flexibility index (Phi) is 5.86. The Bertz CT molecular complexity index is 674. The van der Waals surface area contributed by atoms with Gasteiger partial charge in [-0.15, -0.1) is 11.8 Å². The van der Waals surface area contributed by atoms with E-state index in [0.717, 1.165) is 4.90 Å². The molecule has 0 radical (unpaired) electrons. The zero-order valence-corrected chi connectivity index (χ0v) is 13.5. The predicted molar refractivity (Wildman–Crippen MR) is 90.6 cm³/mol. The third-order valence-electron chi connectivity index (χ3n) is 2.82.